The van der Waals surface area contributed by atoms with E-state index in [9.17, 15) is 9.59 Å². The van der Waals surface area contributed by atoms with Crippen molar-refractivity contribution < 1.29 is 19.1 Å². The standard InChI is InChI=1S/C10H9I2NO4/c11-4-16-9(14)6-1-7(3-8(13)2-6)10(15)17-5-12/h1-3H,4-5,13H2. The van der Waals surface area contributed by atoms with Gasteiger partial charge in [0.15, 0.2) is 0 Å². The number of nitrogen functional groups attached to an aromatic ring is 1. The van der Waals surface area contributed by atoms with Crippen molar-refractivity contribution in [1.29, 1.82) is 0 Å². The fraction of sp³-hybridized carbons (Fsp3) is 0.200. The molecule has 0 saturated carbocycles. The van der Waals surface area contributed by atoms with Crippen LogP contribution in [0.1, 0.15) is 20.7 Å². The zero-order valence-electron chi connectivity index (χ0n) is 8.61. The van der Waals surface area contributed by atoms with Crippen molar-refractivity contribution in [2.45, 2.75) is 0 Å². The van der Waals surface area contributed by atoms with Gasteiger partial charge in [-0.1, -0.05) is 0 Å². The van der Waals surface area contributed by atoms with Crippen LogP contribution in [0.5, 0.6) is 0 Å². The number of benzene rings is 1. The molecule has 0 amide bonds. The maximum absolute atomic E-state index is 11.5. The second kappa shape index (κ2) is 6.99. The second-order valence-electron chi connectivity index (χ2n) is 2.93. The molecular formula is C10H9I2NO4. The lowest BCUT2D eigenvalue weighted by molar-refractivity contribution is 0.0589. The minimum Gasteiger partial charge on any atom is -0.451 e. The molecule has 2 N–H and O–H groups in total. The fourth-order valence-corrected chi connectivity index (χ4v) is 1.72. The van der Waals surface area contributed by atoms with E-state index < -0.39 is 11.9 Å². The third-order valence-electron chi connectivity index (χ3n) is 1.80. The number of halogens is 2. The molecule has 0 bridgehead atoms. The van der Waals surface area contributed by atoms with Gasteiger partial charge in [0.1, 0.15) is 9.23 Å². The van der Waals surface area contributed by atoms with Crippen LogP contribution in [0.25, 0.3) is 0 Å². The summed E-state index contributed by atoms with van der Waals surface area (Å²) in [6.07, 6.45) is 0. The molecule has 0 spiro atoms. The molecule has 5 nitrogen and oxygen atoms in total. The minimum atomic E-state index is -0.518. The molecule has 0 saturated heterocycles. The van der Waals surface area contributed by atoms with Crippen LogP contribution < -0.4 is 5.73 Å². The van der Waals surface area contributed by atoms with Crippen LogP contribution in [0.2, 0.25) is 0 Å². The van der Waals surface area contributed by atoms with E-state index in [1.807, 2.05) is 45.2 Å². The molecular weight excluding hydrogens is 452 g/mol. The number of nitrogens with two attached hydrogens (primary N) is 1. The number of ether oxygens (including phenoxy) is 2. The Morgan fingerprint density at radius 2 is 1.41 bits per heavy atom. The summed E-state index contributed by atoms with van der Waals surface area (Å²) in [5.74, 6) is -1.04. The van der Waals surface area contributed by atoms with Gasteiger partial charge in [-0.25, -0.2) is 9.59 Å². The Morgan fingerprint density at radius 1 is 1.00 bits per heavy atom. The van der Waals surface area contributed by atoms with Crippen LogP contribution in [0.4, 0.5) is 5.69 Å². The number of hydrogen-bond donors (Lipinski definition) is 1. The van der Waals surface area contributed by atoms with Crippen LogP contribution >= 0.6 is 45.2 Å². The van der Waals surface area contributed by atoms with Crippen molar-refractivity contribution in [2.24, 2.45) is 0 Å². The lowest BCUT2D eigenvalue weighted by atomic mass is 10.1. The number of rotatable bonds is 4. The largest absolute Gasteiger partial charge is 0.451 e. The van der Waals surface area contributed by atoms with Gasteiger partial charge in [0.25, 0.3) is 0 Å². The Bertz CT molecular complexity index is 400. The molecule has 1 aromatic carbocycles. The molecule has 7 heteroatoms. The number of hydrogen-bond acceptors (Lipinski definition) is 5. The van der Waals surface area contributed by atoms with Crippen molar-refractivity contribution in [3.8, 4) is 0 Å². The Morgan fingerprint density at radius 3 is 1.76 bits per heavy atom. The number of anilines is 1. The van der Waals surface area contributed by atoms with E-state index in [4.69, 9.17) is 15.2 Å². The van der Waals surface area contributed by atoms with Crippen molar-refractivity contribution in [2.75, 3.05) is 15.0 Å². The third-order valence-corrected chi connectivity index (χ3v) is 2.42. The predicted octanol–water partition coefficient (Wildman–Crippen LogP) is 2.37. The molecule has 1 aromatic rings. The number of esters is 2. The van der Waals surface area contributed by atoms with Gasteiger partial charge >= 0.3 is 11.9 Å². The maximum Gasteiger partial charge on any atom is 0.338 e. The van der Waals surface area contributed by atoms with Crippen LogP contribution in [-0.4, -0.2) is 21.2 Å². The summed E-state index contributed by atoms with van der Waals surface area (Å²) in [5.41, 5.74) is 6.40. The topological polar surface area (TPSA) is 78.6 Å². The summed E-state index contributed by atoms with van der Waals surface area (Å²) in [7, 11) is 0. The molecule has 0 aliphatic heterocycles. The molecule has 0 atom stereocenters. The second-order valence-corrected chi connectivity index (χ2v) is 4.17. The first-order valence-corrected chi connectivity index (χ1v) is 7.50. The highest BCUT2D eigenvalue weighted by atomic mass is 127. The van der Waals surface area contributed by atoms with E-state index in [1.54, 1.807) is 0 Å². The van der Waals surface area contributed by atoms with Gasteiger partial charge in [-0.05, 0) is 63.4 Å². The highest BCUT2D eigenvalue weighted by Crippen LogP contribution is 2.15. The summed E-state index contributed by atoms with van der Waals surface area (Å²) >= 11 is 3.81. The highest BCUT2D eigenvalue weighted by molar-refractivity contribution is 14.1. The average molecular weight is 461 g/mol. The molecule has 0 unspecified atom stereocenters. The van der Waals surface area contributed by atoms with E-state index in [0.717, 1.165) is 0 Å². The quantitative estimate of drug-likeness (QED) is 0.323. The SMILES string of the molecule is Nc1cc(C(=O)OCI)cc(C(=O)OCI)c1. The van der Waals surface area contributed by atoms with E-state index in [2.05, 4.69) is 0 Å². The first-order valence-electron chi connectivity index (χ1n) is 4.45. The van der Waals surface area contributed by atoms with Gasteiger partial charge in [0.05, 0.1) is 11.1 Å². The van der Waals surface area contributed by atoms with Gasteiger partial charge in [0, 0.05) is 5.69 Å². The Kier molecular flexibility index (Phi) is 5.95. The van der Waals surface area contributed by atoms with Crippen molar-refractivity contribution in [1.82, 2.24) is 0 Å². The van der Waals surface area contributed by atoms with Crippen LogP contribution in [0.15, 0.2) is 18.2 Å². The Labute approximate surface area is 125 Å². The Hall–Kier alpha value is -0.580. The fourth-order valence-electron chi connectivity index (χ4n) is 1.15. The summed E-state index contributed by atoms with van der Waals surface area (Å²) < 4.78 is 10.1. The van der Waals surface area contributed by atoms with Gasteiger partial charge in [-0.2, -0.15) is 0 Å². The van der Waals surface area contributed by atoms with E-state index >= 15 is 0 Å². The molecule has 0 radical (unpaired) electrons. The molecule has 0 aromatic heterocycles. The normalized spacial score (nSPS) is 9.76. The number of carbonyl (C=O) groups excluding carboxylic acids is 2. The molecule has 0 fully saturated rings. The van der Waals surface area contributed by atoms with Crippen molar-refractivity contribution in [3.63, 3.8) is 0 Å². The van der Waals surface area contributed by atoms with Crippen LogP contribution in [0.3, 0.4) is 0 Å². The zero-order valence-corrected chi connectivity index (χ0v) is 12.9. The number of alkyl halides is 2. The summed E-state index contributed by atoms with van der Waals surface area (Å²) in [6, 6.07) is 4.31. The molecule has 92 valence electrons. The van der Waals surface area contributed by atoms with E-state index in [1.165, 1.54) is 18.2 Å². The van der Waals surface area contributed by atoms with E-state index in [-0.39, 0.29) is 20.4 Å². The lowest BCUT2D eigenvalue weighted by Crippen LogP contribution is -2.09. The summed E-state index contributed by atoms with van der Waals surface area (Å²) in [6.45, 7) is 0. The van der Waals surface area contributed by atoms with Gasteiger partial charge in [-0.3, -0.25) is 0 Å². The molecule has 1 rings (SSSR count). The molecule has 0 aliphatic rings. The lowest BCUT2D eigenvalue weighted by Gasteiger charge is -2.06. The minimum absolute atomic E-state index is 0.235. The van der Waals surface area contributed by atoms with Crippen LogP contribution in [-0.2, 0) is 9.47 Å². The monoisotopic (exact) mass is 461 g/mol. The smallest absolute Gasteiger partial charge is 0.338 e. The number of carbonyl (C=O) groups is 2. The first-order chi connectivity index (χ1) is 8.08. The molecule has 17 heavy (non-hydrogen) atoms. The van der Waals surface area contributed by atoms with E-state index in [0.29, 0.717) is 5.69 Å². The van der Waals surface area contributed by atoms with Gasteiger partial charge in [0.2, 0.25) is 0 Å². The van der Waals surface area contributed by atoms with Crippen LogP contribution in [0, 0.1) is 0 Å². The highest BCUT2D eigenvalue weighted by Gasteiger charge is 2.13. The van der Waals surface area contributed by atoms with Crippen molar-refractivity contribution in [3.05, 3.63) is 29.3 Å². The third kappa shape index (κ3) is 4.30. The van der Waals surface area contributed by atoms with Gasteiger partial charge < -0.3 is 15.2 Å². The van der Waals surface area contributed by atoms with Crippen molar-refractivity contribution >= 4 is 62.8 Å². The zero-order chi connectivity index (χ0) is 12.8. The average Bonchev–Trinajstić information content (AvgIpc) is 2.29. The Balaban J connectivity index is 3.01. The molecule has 0 aliphatic carbocycles. The maximum atomic E-state index is 11.5. The summed E-state index contributed by atoms with van der Waals surface area (Å²) in [4.78, 5) is 23.0. The summed E-state index contributed by atoms with van der Waals surface area (Å²) in [5, 5.41) is 0. The predicted molar refractivity (Wildman–Crippen MR) is 79.5 cm³/mol. The molecule has 0 heterocycles. The first kappa shape index (κ1) is 14.5. The van der Waals surface area contributed by atoms with Gasteiger partial charge in [-0.15, -0.1) is 0 Å².